The first-order chi connectivity index (χ1) is 15.5. The molecule has 0 radical (unpaired) electrons. The number of nitrogens with one attached hydrogen (secondary N) is 1. The number of ether oxygens (including phenoxy) is 2. The van der Waals surface area contributed by atoms with Crippen molar-refractivity contribution in [2.24, 2.45) is 5.92 Å². The number of nitrogens with zero attached hydrogens (tertiary/aromatic N) is 1. The molecule has 1 aromatic carbocycles. The van der Waals surface area contributed by atoms with Gasteiger partial charge in [0.25, 0.3) is 0 Å². The van der Waals surface area contributed by atoms with Crippen LogP contribution in [-0.2, 0) is 9.53 Å². The van der Waals surface area contributed by atoms with Gasteiger partial charge >= 0.3 is 0 Å². The van der Waals surface area contributed by atoms with E-state index in [0.29, 0.717) is 37.5 Å². The average molecular weight is 455 g/mol. The zero-order valence-electron chi connectivity index (χ0n) is 18.5. The second kappa shape index (κ2) is 10.9. The summed E-state index contributed by atoms with van der Waals surface area (Å²) in [5.41, 5.74) is 0. The summed E-state index contributed by atoms with van der Waals surface area (Å²) in [6, 6.07) is 1.56. The van der Waals surface area contributed by atoms with Crippen molar-refractivity contribution >= 4 is 5.91 Å². The van der Waals surface area contributed by atoms with Crippen molar-refractivity contribution in [1.82, 2.24) is 10.2 Å². The molecule has 0 bridgehead atoms. The molecule has 2 heterocycles. The maximum atomic E-state index is 13.8. The van der Waals surface area contributed by atoms with Crippen LogP contribution in [0.3, 0.4) is 0 Å². The predicted molar refractivity (Wildman–Crippen MR) is 114 cm³/mol. The highest BCUT2D eigenvalue weighted by atomic mass is 19.1. The van der Waals surface area contributed by atoms with Gasteiger partial charge < -0.3 is 19.7 Å². The number of amides is 1. The van der Waals surface area contributed by atoms with Gasteiger partial charge in [0.1, 0.15) is 18.0 Å². The molecule has 5 nitrogen and oxygen atoms in total. The first kappa shape index (κ1) is 23.4. The third-order valence-corrected chi connectivity index (χ3v) is 7.05. The monoisotopic (exact) mass is 454 g/mol. The second-order valence-electron chi connectivity index (χ2n) is 9.37. The minimum absolute atomic E-state index is 0.0523. The summed E-state index contributed by atoms with van der Waals surface area (Å²) in [7, 11) is 0. The maximum Gasteiger partial charge on any atom is 0.249 e. The molecule has 0 aromatic heterocycles. The lowest BCUT2D eigenvalue weighted by atomic mass is 9.84. The molecule has 3 fully saturated rings. The standard InChI is InChI=1S/C24H33F3N2O3/c25-17-14-20(26)23(21(27)15-17)32-19-8-11-29(12-9-19)10-7-16-3-5-18(6-4-16)28-24(30)22-2-1-13-31-22/h14-16,18-19,22H,1-13H2,(H,28,30)/t16-,18-,22?. The molecule has 0 spiro atoms. The highest BCUT2D eigenvalue weighted by molar-refractivity contribution is 5.81. The lowest BCUT2D eigenvalue weighted by Crippen LogP contribution is -2.43. The Morgan fingerprint density at radius 3 is 2.34 bits per heavy atom. The first-order valence-corrected chi connectivity index (χ1v) is 11.9. The molecule has 4 rings (SSSR count). The second-order valence-corrected chi connectivity index (χ2v) is 9.37. The lowest BCUT2D eigenvalue weighted by molar-refractivity contribution is -0.131. The summed E-state index contributed by atoms with van der Waals surface area (Å²) in [5.74, 6) is -2.69. The van der Waals surface area contributed by atoms with Gasteiger partial charge in [0, 0.05) is 37.9 Å². The highest BCUT2D eigenvalue weighted by Crippen LogP contribution is 2.29. The number of rotatable bonds is 7. The Balaban J connectivity index is 1.12. The van der Waals surface area contributed by atoms with Crippen molar-refractivity contribution in [3.05, 3.63) is 29.6 Å². The summed E-state index contributed by atoms with van der Waals surface area (Å²) in [6.07, 6.45) is 8.08. The Bertz CT molecular complexity index is 749. The molecule has 1 amide bonds. The molecular weight excluding hydrogens is 421 g/mol. The molecule has 178 valence electrons. The third kappa shape index (κ3) is 6.16. The van der Waals surface area contributed by atoms with Crippen molar-refractivity contribution in [2.45, 2.75) is 76.0 Å². The van der Waals surface area contributed by atoms with Crippen LogP contribution in [0.25, 0.3) is 0 Å². The molecule has 1 atom stereocenters. The van der Waals surface area contributed by atoms with Crippen LogP contribution in [0.15, 0.2) is 12.1 Å². The van der Waals surface area contributed by atoms with E-state index in [0.717, 1.165) is 64.6 Å². The van der Waals surface area contributed by atoms with Gasteiger partial charge in [-0.1, -0.05) is 0 Å². The lowest BCUT2D eigenvalue weighted by Gasteiger charge is -2.34. The van der Waals surface area contributed by atoms with E-state index in [1.165, 1.54) is 0 Å². The van der Waals surface area contributed by atoms with Crippen molar-refractivity contribution in [1.29, 1.82) is 0 Å². The molecule has 2 saturated heterocycles. The van der Waals surface area contributed by atoms with Gasteiger partial charge in [0.05, 0.1) is 0 Å². The largest absolute Gasteiger partial charge is 0.484 e. The maximum absolute atomic E-state index is 13.8. The predicted octanol–water partition coefficient (Wildman–Crippen LogP) is 4.19. The first-order valence-electron chi connectivity index (χ1n) is 11.9. The summed E-state index contributed by atoms with van der Waals surface area (Å²) < 4.78 is 51.6. The molecule has 1 aliphatic carbocycles. The van der Waals surface area contributed by atoms with Crippen molar-refractivity contribution in [3.8, 4) is 5.75 Å². The number of halogens is 3. The van der Waals surface area contributed by atoms with Crippen molar-refractivity contribution in [3.63, 3.8) is 0 Å². The van der Waals surface area contributed by atoms with Gasteiger partial charge in [-0.15, -0.1) is 0 Å². The van der Waals surface area contributed by atoms with E-state index < -0.39 is 23.2 Å². The fourth-order valence-corrected chi connectivity index (χ4v) is 5.10. The molecule has 3 aliphatic rings. The summed E-state index contributed by atoms with van der Waals surface area (Å²) in [6.45, 7) is 3.33. The van der Waals surface area contributed by atoms with Crippen LogP contribution in [0.4, 0.5) is 13.2 Å². The normalized spacial score (nSPS) is 27.4. The van der Waals surface area contributed by atoms with Gasteiger partial charge in [-0.3, -0.25) is 4.79 Å². The van der Waals surface area contributed by atoms with Gasteiger partial charge in [0.2, 0.25) is 5.91 Å². The topological polar surface area (TPSA) is 50.8 Å². The molecule has 32 heavy (non-hydrogen) atoms. The van der Waals surface area contributed by atoms with Crippen LogP contribution < -0.4 is 10.1 Å². The Kier molecular flexibility index (Phi) is 7.94. The zero-order chi connectivity index (χ0) is 22.5. The fraction of sp³-hybridized carbons (Fsp3) is 0.708. The van der Waals surface area contributed by atoms with E-state index >= 15 is 0 Å². The van der Waals surface area contributed by atoms with E-state index in [1.807, 2.05) is 0 Å². The van der Waals surface area contributed by atoms with Gasteiger partial charge in [-0.2, -0.15) is 0 Å². The number of likely N-dealkylation sites (tertiary alicyclic amines) is 1. The Morgan fingerprint density at radius 2 is 1.72 bits per heavy atom. The van der Waals surface area contributed by atoms with Crippen LogP contribution in [0.2, 0.25) is 0 Å². The van der Waals surface area contributed by atoms with Crippen LogP contribution in [-0.4, -0.2) is 55.3 Å². The third-order valence-electron chi connectivity index (χ3n) is 7.05. The number of piperidine rings is 1. The molecule has 8 heteroatoms. The molecular formula is C24H33F3N2O3. The average Bonchev–Trinajstić information content (AvgIpc) is 3.32. The van der Waals surface area contributed by atoms with Crippen molar-refractivity contribution < 1.29 is 27.4 Å². The molecule has 1 N–H and O–H groups in total. The number of hydrogen-bond donors (Lipinski definition) is 1. The summed E-state index contributed by atoms with van der Waals surface area (Å²) in [5, 5.41) is 3.16. The fourth-order valence-electron chi connectivity index (χ4n) is 5.10. The Morgan fingerprint density at radius 1 is 1.03 bits per heavy atom. The molecule has 2 aliphatic heterocycles. The molecule has 1 unspecified atom stereocenters. The Labute approximate surface area is 187 Å². The number of carbonyl (C=O) groups excluding carboxylic acids is 1. The number of hydrogen-bond acceptors (Lipinski definition) is 4. The zero-order valence-corrected chi connectivity index (χ0v) is 18.5. The minimum Gasteiger partial charge on any atom is -0.484 e. The summed E-state index contributed by atoms with van der Waals surface area (Å²) >= 11 is 0. The van der Waals surface area contributed by atoms with Gasteiger partial charge in [-0.25, -0.2) is 13.2 Å². The quantitative estimate of drug-likeness (QED) is 0.671. The van der Waals surface area contributed by atoms with Crippen LogP contribution in [0.1, 0.15) is 57.8 Å². The van der Waals surface area contributed by atoms with Crippen LogP contribution in [0, 0.1) is 23.4 Å². The molecule has 1 saturated carbocycles. The van der Waals surface area contributed by atoms with Gasteiger partial charge in [-0.05, 0) is 70.3 Å². The van der Waals surface area contributed by atoms with Crippen LogP contribution >= 0.6 is 0 Å². The van der Waals surface area contributed by atoms with E-state index in [1.54, 1.807) is 0 Å². The highest BCUT2D eigenvalue weighted by Gasteiger charge is 2.29. The van der Waals surface area contributed by atoms with E-state index in [-0.39, 0.29) is 24.2 Å². The van der Waals surface area contributed by atoms with E-state index in [9.17, 15) is 18.0 Å². The molecule has 1 aromatic rings. The SMILES string of the molecule is O=C(N[C@H]1CC[C@H](CCN2CCC(Oc3c(F)cc(F)cc3F)CC2)CC1)C1CCCO1. The minimum atomic E-state index is -0.993. The van der Waals surface area contributed by atoms with E-state index in [4.69, 9.17) is 9.47 Å². The van der Waals surface area contributed by atoms with E-state index in [2.05, 4.69) is 10.2 Å². The number of benzene rings is 1. The Hall–Kier alpha value is -1.80. The van der Waals surface area contributed by atoms with Gasteiger partial charge in [0.15, 0.2) is 17.4 Å². The van der Waals surface area contributed by atoms with Crippen molar-refractivity contribution in [2.75, 3.05) is 26.2 Å². The smallest absolute Gasteiger partial charge is 0.249 e. The number of carbonyl (C=O) groups is 1. The summed E-state index contributed by atoms with van der Waals surface area (Å²) in [4.78, 5) is 14.6. The van der Waals surface area contributed by atoms with Crippen LogP contribution in [0.5, 0.6) is 5.75 Å².